The number of rotatable bonds is 0. The molecule has 78 valence electrons. The van der Waals surface area contributed by atoms with E-state index in [4.69, 9.17) is 5.73 Å². The van der Waals surface area contributed by atoms with Crippen LogP contribution in [0.5, 0.6) is 0 Å². The van der Waals surface area contributed by atoms with Crippen molar-refractivity contribution < 1.29 is 8.42 Å². The first-order valence-corrected chi connectivity index (χ1v) is 6.08. The molecular weight excluding hydrogens is 186 g/mol. The average Bonchev–Trinajstić information content (AvgIpc) is 1.80. The van der Waals surface area contributed by atoms with Gasteiger partial charge in [-0.05, 0) is 40.5 Å². The quantitative estimate of drug-likeness (QED) is 0.643. The first-order chi connectivity index (χ1) is 5.60. The summed E-state index contributed by atoms with van der Waals surface area (Å²) in [7, 11) is -3.05. The van der Waals surface area contributed by atoms with Gasteiger partial charge in [0.1, 0.15) is 0 Å². The molecule has 2 N–H and O–H groups in total. The van der Waals surface area contributed by atoms with Crippen molar-refractivity contribution in [1.29, 1.82) is 0 Å². The van der Waals surface area contributed by atoms with Gasteiger partial charge < -0.3 is 5.73 Å². The topological polar surface area (TPSA) is 60.2 Å². The molecule has 13 heavy (non-hydrogen) atoms. The average molecular weight is 205 g/mol. The minimum atomic E-state index is -3.05. The Labute approximate surface area is 80.6 Å². The molecule has 1 heterocycles. The van der Waals surface area contributed by atoms with Crippen LogP contribution < -0.4 is 5.73 Å². The highest BCUT2D eigenvalue weighted by Crippen LogP contribution is 2.40. The molecule has 0 saturated carbocycles. The summed E-state index contributed by atoms with van der Waals surface area (Å²) in [6, 6.07) is 0.00789. The van der Waals surface area contributed by atoms with E-state index in [1.54, 1.807) is 27.7 Å². The molecule has 0 unspecified atom stereocenters. The molecule has 0 aliphatic carbocycles. The van der Waals surface area contributed by atoms with E-state index in [1.165, 1.54) is 0 Å². The van der Waals surface area contributed by atoms with E-state index in [0.29, 0.717) is 12.8 Å². The summed E-state index contributed by atoms with van der Waals surface area (Å²) < 4.78 is 22.7. The number of sulfone groups is 1. The summed E-state index contributed by atoms with van der Waals surface area (Å²) >= 11 is 0. The minimum absolute atomic E-state index is 0.00789. The van der Waals surface area contributed by atoms with Crippen LogP contribution in [0, 0.1) is 0 Å². The molecule has 0 radical (unpaired) electrons. The molecule has 0 aromatic heterocycles. The molecule has 0 atom stereocenters. The summed E-state index contributed by atoms with van der Waals surface area (Å²) in [4.78, 5) is 0. The van der Waals surface area contributed by atoms with Crippen LogP contribution in [0.3, 0.4) is 0 Å². The standard InChI is InChI=1S/C9H19NO2S/c1-8(2)5-7(10)6-9(3,4)13(8,11)12/h7H,5-6,10H2,1-4H3. The number of hydrogen-bond donors (Lipinski definition) is 1. The maximum absolute atomic E-state index is 12.0. The highest BCUT2D eigenvalue weighted by Gasteiger charge is 2.51. The molecule has 1 rings (SSSR count). The van der Waals surface area contributed by atoms with Crippen LogP contribution in [-0.4, -0.2) is 24.0 Å². The van der Waals surface area contributed by atoms with Gasteiger partial charge in [-0.25, -0.2) is 8.42 Å². The molecule has 1 aliphatic rings. The monoisotopic (exact) mass is 205 g/mol. The van der Waals surface area contributed by atoms with Gasteiger partial charge in [-0.3, -0.25) is 0 Å². The molecule has 0 aromatic rings. The zero-order chi connectivity index (χ0) is 10.5. The van der Waals surface area contributed by atoms with E-state index in [9.17, 15) is 8.42 Å². The van der Waals surface area contributed by atoms with E-state index in [2.05, 4.69) is 0 Å². The van der Waals surface area contributed by atoms with Gasteiger partial charge in [0, 0.05) is 6.04 Å². The Morgan fingerprint density at radius 2 is 1.38 bits per heavy atom. The van der Waals surface area contributed by atoms with Gasteiger partial charge in [0.05, 0.1) is 9.49 Å². The fraction of sp³-hybridized carbons (Fsp3) is 1.00. The first-order valence-electron chi connectivity index (χ1n) is 4.60. The molecule has 0 aromatic carbocycles. The van der Waals surface area contributed by atoms with E-state index in [-0.39, 0.29) is 6.04 Å². The summed E-state index contributed by atoms with van der Waals surface area (Å²) in [5, 5.41) is 0. The van der Waals surface area contributed by atoms with Crippen molar-refractivity contribution in [2.24, 2.45) is 5.73 Å². The highest BCUT2D eigenvalue weighted by atomic mass is 32.2. The molecular formula is C9H19NO2S. The van der Waals surface area contributed by atoms with E-state index >= 15 is 0 Å². The Kier molecular flexibility index (Phi) is 2.28. The maximum Gasteiger partial charge on any atom is 0.160 e. The predicted molar refractivity (Wildman–Crippen MR) is 54.3 cm³/mol. The van der Waals surface area contributed by atoms with E-state index in [1.807, 2.05) is 0 Å². The molecule has 1 saturated heterocycles. The van der Waals surface area contributed by atoms with Crippen LogP contribution in [-0.2, 0) is 9.84 Å². The van der Waals surface area contributed by atoms with E-state index < -0.39 is 19.3 Å². The summed E-state index contributed by atoms with van der Waals surface area (Å²) in [6.07, 6.45) is 1.14. The van der Waals surface area contributed by atoms with Gasteiger partial charge in [0.25, 0.3) is 0 Å². The SMILES string of the molecule is CC1(C)CC(N)CC(C)(C)S1(=O)=O. The van der Waals surface area contributed by atoms with E-state index in [0.717, 1.165) is 0 Å². The summed E-state index contributed by atoms with van der Waals surface area (Å²) in [6.45, 7) is 7.07. The minimum Gasteiger partial charge on any atom is -0.328 e. The third-order valence-corrected chi connectivity index (χ3v) is 6.21. The summed E-state index contributed by atoms with van der Waals surface area (Å²) in [5.74, 6) is 0. The lowest BCUT2D eigenvalue weighted by Crippen LogP contribution is -2.55. The van der Waals surface area contributed by atoms with Crippen molar-refractivity contribution in [3.05, 3.63) is 0 Å². The highest BCUT2D eigenvalue weighted by molar-refractivity contribution is 7.94. The van der Waals surface area contributed by atoms with Gasteiger partial charge in [0.15, 0.2) is 9.84 Å². The first kappa shape index (κ1) is 11.0. The van der Waals surface area contributed by atoms with Crippen LogP contribution in [0.25, 0.3) is 0 Å². The molecule has 3 nitrogen and oxygen atoms in total. The van der Waals surface area contributed by atoms with Crippen LogP contribution in [0.4, 0.5) is 0 Å². The van der Waals surface area contributed by atoms with Crippen LogP contribution >= 0.6 is 0 Å². The third-order valence-electron chi connectivity index (χ3n) is 2.96. The fourth-order valence-corrected chi connectivity index (χ4v) is 4.67. The lowest BCUT2D eigenvalue weighted by atomic mass is 9.94. The van der Waals surface area contributed by atoms with Gasteiger partial charge in [0.2, 0.25) is 0 Å². The molecule has 4 heteroatoms. The molecule has 1 aliphatic heterocycles. The largest absolute Gasteiger partial charge is 0.328 e. The maximum atomic E-state index is 12.0. The van der Waals surface area contributed by atoms with Gasteiger partial charge in [-0.15, -0.1) is 0 Å². The lowest BCUT2D eigenvalue weighted by molar-refractivity contribution is 0.377. The molecule has 0 spiro atoms. The van der Waals surface area contributed by atoms with Crippen molar-refractivity contribution in [3.8, 4) is 0 Å². The Morgan fingerprint density at radius 3 is 1.69 bits per heavy atom. The lowest BCUT2D eigenvalue weighted by Gasteiger charge is -2.43. The fourth-order valence-electron chi connectivity index (χ4n) is 2.30. The Morgan fingerprint density at radius 1 is 1.08 bits per heavy atom. The van der Waals surface area contributed by atoms with Crippen molar-refractivity contribution in [3.63, 3.8) is 0 Å². The number of nitrogens with two attached hydrogens (primary N) is 1. The molecule has 1 fully saturated rings. The zero-order valence-corrected chi connectivity index (χ0v) is 9.61. The zero-order valence-electron chi connectivity index (χ0n) is 8.79. The predicted octanol–water partition coefficient (Wildman–Crippen LogP) is 1.08. The molecule has 0 amide bonds. The molecule has 0 bridgehead atoms. The Bertz CT molecular complexity index is 280. The normalized spacial score (nSPS) is 31.5. The summed E-state index contributed by atoms with van der Waals surface area (Å²) in [5.41, 5.74) is 5.84. The second kappa shape index (κ2) is 2.70. The number of hydrogen-bond acceptors (Lipinski definition) is 3. The smallest absolute Gasteiger partial charge is 0.160 e. The second-order valence-electron chi connectivity index (χ2n) is 5.19. The van der Waals surface area contributed by atoms with Crippen molar-refractivity contribution in [2.45, 2.75) is 56.1 Å². The van der Waals surface area contributed by atoms with Crippen LogP contribution in [0.15, 0.2) is 0 Å². The van der Waals surface area contributed by atoms with Crippen molar-refractivity contribution in [2.75, 3.05) is 0 Å². The third kappa shape index (κ3) is 1.50. The second-order valence-corrected chi connectivity index (χ2v) is 8.41. The van der Waals surface area contributed by atoms with Gasteiger partial charge >= 0.3 is 0 Å². The van der Waals surface area contributed by atoms with Crippen molar-refractivity contribution >= 4 is 9.84 Å². The van der Waals surface area contributed by atoms with Gasteiger partial charge in [-0.1, -0.05) is 0 Å². The van der Waals surface area contributed by atoms with Crippen LogP contribution in [0.2, 0.25) is 0 Å². The van der Waals surface area contributed by atoms with Gasteiger partial charge in [-0.2, -0.15) is 0 Å². The Balaban J connectivity index is 3.20. The Hall–Kier alpha value is -0.0900. The van der Waals surface area contributed by atoms with Crippen LogP contribution in [0.1, 0.15) is 40.5 Å². The van der Waals surface area contributed by atoms with Crippen molar-refractivity contribution in [1.82, 2.24) is 0 Å².